The Labute approximate surface area is 181 Å². The molecule has 0 aliphatic carbocycles. The maximum absolute atomic E-state index is 12.3. The van der Waals surface area contributed by atoms with E-state index >= 15 is 0 Å². The van der Waals surface area contributed by atoms with Crippen LogP contribution < -0.4 is 10.9 Å². The van der Waals surface area contributed by atoms with Gasteiger partial charge in [-0.25, -0.2) is 0 Å². The Morgan fingerprint density at radius 1 is 1.07 bits per heavy atom. The van der Waals surface area contributed by atoms with Crippen LogP contribution in [0.5, 0.6) is 0 Å². The summed E-state index contributed by atoms with van der Waals surface area (Å²) >= 11 is 1.33. The normalized spacial score (nSPS) is 11.8. The minimum Gasteiger partial charge on any atom is -0.353 e. The molecule has 30 heavy (non-hydrogen) atoms. The zero-order valence-corrected chi connectivity index (χ0v) is 18.4. The molecule has 0 unspecified atom stereocenters. The second-order valence-corrected chi connectivity index (χ2v) is 8.47. The smallest absolute Gasteiger partial charge is 0.271 e. The highest BCUT2D eigenvalue weighted by molar-refractivity contribution is 7.99. The first-order chi connectivity index (χ1) is 14.4. The van der Waals surface area contributed by atoms with Crippen molar-refractivity contribution in [1.29, 1.82) is 0 Å². The first kappa shape index (κ1) is 21.8. The third-order valence-electron chi connectivity index (χ3n) is 4.98. The van der Waals surface area contributed by atoms with Crippen molar-refractivity contribution >= 4 is 17.7 Å². The van der Waals surface area contributed by atoms with Gasteiger partial charge in [0.05, 0.1) is 11.4 Å². The maximum Gasteiger partial charge on any atom is 0.271 e. The minimum atomic E-state index is -0.193. The van der Waals surface area contributed by atoms with Crippen molar-refractivity contribution in [2.45, 2.75) is 44.7 Å². The lowest BCUT2D eigenvalue weighted by Gasteiger charge is -2.14. The van der Waals surface area contributed by atoms with Crippen molar-refractivity contribution < 1.29 is 4.79 Å². The van der Waals surface area contributed by atoms with E-state index in [1.807, 2.05) is 57.2 Å². The highest BCUT2D eigenvalue weighted by atomic mass is 32.2. The molecule has 5 nitrogen and oxygen atoms in total. The van der Waals surface area contributed by atoms with Gasteiger partial charge in [-0.3, -0.25) is 9.59 Å². The molecule has 0 saturated carbocycles. The summed E-state index contributed by atoms with van der Waals surface area (Å²) in [6.07, 6.45) is 1.81. The van der Waals surface area contributed by atoms with E-state index in [1.165, 1.54) is 28.1 Å². The van der Waals surface area contributed by atoms with Crippen LogP contribution in [0.4, 0.5) is 0 Å². The molecule has 156 valence electrons. The summed E-state index contributed by atoms with van der Waals surface area (Å²) in [5.74, 6) is 0.222. The number of hydrogen-bond donors (Lipinski definition) is 1. The SMILES string of the molecule is Cc1ccc(-n2nc(SCC(=O)N[C@H](C)CCc3ccccc3)ccc2=O)cc1C. The molecule has 1 N–H and O–H groups in total. The van der Waals surface area contributed by atoms with Gasteiger partial charge in [0.1, 0.15) is 5.03 Å². The van der Waals surface area contributed by atoms with E-state index in [0.717, 1.165) is 29.7 Å². The lowest BCUT2D eigenvalue weighted by Crippen LogP contribution is -2.34. The maximum atomic E-state index is 12.3. The molecular weight excluding hydrogens is 394 g/mol. The van der Waals surface area contributed by atoms with E-state index in [2.05, 4.69) is 22.5 Å². The number of benzene rings is 2. The van der Waals surface area contributed by atoms with Crippen LogP contribution in [0, 0.1) is 13.8 Å². The molecule has 1 amide bonds. The van der Waals surface area contributed by atoms with Gasteiger partial charge in [0.15, 0.2) is 0 Å². The molecule has 0 aliphatic rings. The van der Waals surface area contributed by atoms with E-state index in [4.69, 9.17) is 0 Å². The van der Waals surface area contributed by atoms with Gasteiger partial charge in [0, 0.05) is 12.1 Å². The van der Waals surface area contributed by atoms with E-state index in [-0.39, 0.29) is 23.3 Å². The van der Waals surface area contributed by atoms with Crippen molar-refractivity contribution in [2.24, 2.45) is 0 Å². The summed E-state index contributed by atoms with van der Waals surface area (Å²) in [6, 6.07) is 19.3. The number of carbonyl (C=O) groups is 1. The molecule has 1 atom stereocenters. The highest BCUT2D eigenvalue weighted by Gasteiger charge is 2.10. The Bertz CT molecular complexity index is 1060. The van der Waals surface area contributed by atoms with Crippen LogP contribution in [0.1, 0.15) is 30.0 Å². The van der Waals surface area contributed by atoms with Crippen LogP contribution in [0.3, 0.4) is 0 Å². The number of thioether (sulfide) groups is 1. The number of aryl methyl sites for hydroxylation is 3. The van der Waals surface area contributed by atoms with Gasteiger partial charge in [-0.05, 0) is 68.5 Å². The summed E-state index contributed by atoms with van der Waals surface area (Å²) in [4.78, 5) is 24.6. The Morgan fingerprint density at radius 2 is 1.83 bits per heavy atom. The van der Waals surface area contributed by atoms with Crippen LogP contribution in [0.25, 0.3) is 5.69 Å². The largest absolute Gasteiger partial charge is 0.353 e. The Hall–Kier alpha value is -2.86. The number of nitrogens with zero attached hydrogens (tertiary/aromatic N) is 2. The molecule has 0 spiro atoms. The fourth-order valence-corrected chi connectivity index (χ4v) is 3.74. The fraction of sp³-hybridized carbons (Fsp3) is 0.292. The van der Waals surface area contributed by atoms with Crippen molar-refractivity contribution in [3.63, 3.8) is 0 Å². The van der Waals surface area contributed by atoms with E-state index in [0.29, 0.717) is 5.03 Å². The molecule has 3 aromatic rings. The first-order valence-corrected chi connectivity index (χ1v) is 11.0. The predicted octanol–water partition coefficient (Wildman–Crippen LogP) is 4.08. The quantitative estimate of drug-likeness (QED) is 0.557. The molecule has 0 fully saturated rings. The third-order valence-corrected chi connectivity index (χ3v) is 5.90. The van der Waals surface area contributed by atoms with Gasteiger partial charge < -0.3 is 5.32 Å². The van der Waals surface area contributed by atoms with E-state index in [1.54, 1.807) is 6.07 Å². The second-order valence-electron chi connectivity index (χ2n) is 7.47. The van der Waals surface area contributed by atoms with Crippen LogP contribution >= 0.6 is 11.8 Å². The number of amides is 1. The molecule has 0 radical (unpaired) electrons. The summed E-state index contributed by atoms with van der Waals surface area (Å²) in [7, 11) is 0. The molecule has 0 aliphatic heterocycles. The first-order valence-electron chi connectivity index (χ1n) is 10.1. The zero-order chi connectivity index (χ0) is 21.5. The van der Waals surface area contributed by atoms with Gasteiger partial charge in [0.2, 0.25) is 5.91 Å². The van der Waals surface area contributed by atoms with Gasteiger partial charge in [0.25, 0.3) is 5.56 Å². The summed E-state index contributed by atoms with van der Waals surface area (Å²) in [6.45, 7) is 6.05. The number of aromatic nitrogens is 2. The number of carbonyl (C=O) groups excluding carboxylic acids is 1. The van der Waals surface area contributed by atoms with Crippen molar-refractivity contribution in [2.75, 3.05) is 5.75 Å². The van der Waals surface area contributed by atoms with Gasteiger partial charge in [-0.1, -0.05) is 48.2 Å². The van der Waals surface area contributed by atoms with Gasteiger partial charge in [-0.15, -0.1) is 0 Å². The Kier molecular flexibility index (Phi) is 7.46. The fourth-order valence-electron chi connectivity index (χ4n) is 3.07. The molecule has 2 aromatic carbocycles. The predicted molar refractivity (Wildman–Crippen MR) is 122 cm³/mol. The Balaban J connectivity index is 1.55. The summed E-state index contributed by atoms with van der Waals surface area (Å²) in [5, 5.41) is 8.10. The molecular formula is C24H27N3O2S. The van der Waals surface area contributed by atoms with Crippen molar-refractivity contribution in [3.05, 3.63) is 87.7 Å². The monoisotopic (exact) mass is 421 g/mol. The third kappa shape index (κ3) is 6.07. The molecule has 3 rings (SSSR count). The Morgan fingerprint density at radius 3 is 2.57 bits per heavy atom. The lowest BCUT2D eigenvalue weighted by molar-refractivity contribution is -0.119. The molecule has 1 aromatic heterocycles. The number of hydrogen-bond acceptors (Lipinski definition) is 4. The van der Waals surface area contributed by atoms with Crippen molar-refractivity contribution in [3.8, 4) is 5.69 Å². The average molecular weight is 422 g/mol. The minimum absolute atomic E-state index is 0.0358. The van der Waals surface area contributed by atoms with Crippen LogP contribution in [0.2, 0.25) is 0 Å². The standard InChI is InChI=1S/C24H27N3O2S/c1-17-9-12-21(15-18(17)2)27-24(29)14-13-23(26-27)30-16-22(28)25-19(3)10-11-20-7-5-4-6-8-20/h4-9,12-15,19H,10-11,16H2,1-3H3,(H,25,28)/t19-/m1/s1. The second kappa shape index (κ2) is 10.3. The van der Waals surface area contributed by atoms with Crippen LogP contribution in [-0.2, 0) is 11.2 Å². The van der Waals surface area contributed by atoms with Gasteiger partial charge >= 0.3 is 0 Å². The van der Waals surface area contributed by atoms with Crippen LogP contribution in [0.15, 0.2) is 70.5 Å². The molecule has 1 heterocycles. The molecule has 0 bridgehead atoms. The summed E-state index contributed by atoms with van der Waals surface area (Å²) in [5.41, 5.74) is 4.07. The van der Waals surface area contributed by atoms with E-state index < -0.39 is 0 Å². The van der Waals surface area contributed by atoms with Crippen LogP contribution in [-0.4, -0.2) is 27.5 Å². The number of nitrogens with one attached hydrogen (secondary N) is 1. The van der Waals surface area contributed by atoms with E-state index in [9.17, 15) is 9.59 Å². The molecule has 6 heteroatoms. The molecule has 0 saturated heterocycles. The topological polar surface area (TPSA) is 64.0 Å². The zero-order valence-electron chi connectivity index (χ0n) is 17.6. The number of rotatable bonds is 8. The average Bonchev–Trinajstić information content (AvgIpc) is 2.74. The van der Waals surface area contributed by atoms with Gasteiger partial charge in [-0.2, -0.15) is 9.78 Å². The van der Waals surface area contributed by atoms with Crippen molar-refractivity contribution in [1.82, 2.24) is 15.1 Å². The summed E-state index contributed by atoms with van der Waals surface area (Å²) < 4.78 is 1.38. The highest BCUT2D eigenvalue weighted by Crippen LogP contribution is 2.16. The lowest BCUT2D eigenvalue weighted by atomic mass is 10.1.